The molecule has 0 fully saturated rings. The summed E-state index contributed by atoms with van der Waals surface area (Å²) in [6.45, 7) is 2.05. The first kappa shape index (κ1) is 20.7. The number of esters is 1. The van der Waals surface area contributed by atoms with Crippen LogP contribution in [0.15, 0.2) is 60.9 Å². The Hall–Kier alpha value is -4.01. The summed E-state index contributed by atoms with van der Waals surface area (Å²) in [4.78, 5) is 34.9. The first-order chi connectivity index (χ1) is 14.5. The van der Waals surface area contributed by atoms with E-state index >= 15 is 0 Å². The van der Waals surface area contributed by atoms with Gasteiger partial charge in [0.2, 0.25) is 0 Å². The fourth-order valence-corrected chi connectivity index (χ4v) is 2.81. The average Bonchev–Trinajstić information content (AvgIpc) is 3.23. The van der Waals surface area contributed by atoms with Crippen LogP contribution in [-0.2, 0) is 11.2 Å². The summed E-state index contributed by atoms with van der Waals surface area (Å²) in [6.07, 6.45) is 4.11. The third kappa shape index (κ3) is 5.07. The lowest BCUT2D eigenvalue weighted by molar-refractivity contribution is -0.384. The number of carbonyl (C=O) groups excluding carboxylic acids is 2. The zero-order chi connectivity index (χ0) is 21.5. The number of carbonyl (C=O) groups is 2. The van der Waals surface area contributed by atoms with Crippen LogP contribution in [-0.4, -0.2) is 39.7 Å². The summed E-state index contributed by atoms with van der Waals surface area (Å²) >= 11 is 0. The standard InChI is InChI=1S/C21H20N4O5/c1-2-30-21(27)17-10-16(11-19(12-17)25(28)29)20(26)22-9-8-15-13-23-24(14-15)18-6-4-3-5-7-18/h3-7,10-14H,2,8-9H2,1H3,(H,22,26). The number of para-hydroxylation sites is 1. The minimum atomic E-state index is -0.719. The van der Waals surface area contributed by atoms with Gasteiger partial charge in [-0.25, -0.2) is 9.48 Å². The Bertz CT molecular complexity index is 1060. The molecule has 0 aliphatic rings. The maximum Gasteiger partial charge on any atom is 0.338 e. The first-order valence-electron chi connectivity index (χ1n) is 9.31. The summed E-state index contributed by atoms with van der Waals surface area (Å²) < 4.78 is 6.61. The summed E-state index contributed by atoms with van der Waals surface area (Å²) in [5.41, 5.74) is 1.48. The number of nitro benzene ring substituents is 1. The van der Waals surface area contributed by atoms with Crippen molar-refractivity contribution in [2.45, 2.75) is 13.3 Å². The molecule has 0 atom stereocenters. The van der Waals surface area contributed by atoms with E-state index in [1.807, 2.05) is 36.5 Å². The topological polar surface area (TPSA) is 116 Å². The maximum atomic E-state index is 12.5. The molecule has 0 aliphatic heterocycles. The second-order valence-electron chi connectivity index (χ2n) is 6.38. The molecule has 0 unspecified atom stereocenters. The van der Waals surface area contributed by atoms with Gasteiger partial charge in [-0.2, -0.15) is 5.10 Å². The van der Waals surface area contributed by atoms with Gasteiger partial charge in [-0.1, -0.05) is 18.2 Å². The number of aromatic nitrogens is 2. The maximum absolute atomic E-state index is 12.5. The molecule has 3 aromatic rings. The quantitative estimate of drug-likeness (QED) is 0.348. The Balaban J connectivity index is 1.65. The fourth-order valence-electron chi connectivity index (χ4n) is 2.81. The van der Waals surface area contributed by atoms with Crippen molar-refractivity contribution in [3.05, 3.63) is 87.7 Å². The number of amides is 1. The molecular formula is C21H20N4O5. The van der Waals surface area contributed by atoms with Gasteiger partial charge in [-0.05, 0) is 37.1 Å². The molecule has 30 heavy (non-hydrogen) atoms. The number of non-ortho nitro benzene ring substituents is 1. The predicted octanol–water partition coefficient (Wildman–Crippen LogP) is 2.93. The minimum Gasteiger partial charge on any atom is -0.462 e. The van der Waals surface area contributed by atoms with Crippen molar-refractivity contribution >= 4 is 17.6 Å². The average molecular weight is 408 g/mol. The summed E-state index contributed by atoms with van der Waals surface area (Å²) in [5, 5.41) is 18.1. The highest BCUT2D eigenvalue weighted by Crippen LogP contribution is 2.18. The molecule has 0 saturated carbocycles. The van der Waals surface area contributed by atoms with E-state index in [0.717, 1.165) is 23.4 Å². The lowest BCUT2D eigenvalue weighted by Crippen LogP contribution is -2.26. The predicted molar refractivity (Wildman–Crippen MR) is 109 cm³/mol. The van der Waals surface area contributed by atoms with Gasteiger partial charge in [0.1, 0.15) is 0 Å². The van der Waals surface area contributed by atoms with Gasteiger partial charge < -0.3 is 10.1 Å². The number of hydrogen-bond acceptors (Lipinski definition) is 6. The molecule has 1 amide bonds. The molecule has 0 saturated heterocycles. The van der Waals surface area contributed by atoms with E-state index in [1.165, 1.54) is 6.07 Å². The van der Waals surface area contributed by atoms with Gasteiger partial charge in [-0.15, -0.1) is 0 Å². The van der Waals surface area contributed by atoms with Crippen molar-refractivity contribution in [3.8, 4) is 5.69 Å². The van der Waals surface area contributed by atoms with Crippen LogP contribution in [0.4, 0.5) is 5.69 Å². The van der Waals surface area contributed by atoms with Crippen LogP contribution in [0.3, 0.4) is 0 Å². The van der Waals surface area contributed by atoms with Crippen LogP contribution in [0.2, 0.25) is 0 Å². The van der Waals surface area contributed by atoms with Gasteiger partial charge in [0, 0.05) is 30.4 Å². The Labute approximate surface area is 172 Å². The third-order valence-corrected chi connectivity index (χ3v) is 4.26. The van der Waals surface area contributed by atoms with Crippen LogP contribution < -0.4 is 5.32 Å². The number of rotatable bonds is 8. The molecule has 9 nitrogen and oxygen atoms in total. The van der Waals surface area contributed by atoms with E-state index < -0.39 is 16.8 Å². The Kier molecular flexibility index (Phi) is 6.53. The first-order valence-corrected chi connectivity index (χ1v) is 9.31. The number of nitrogens with zero attached hydrogens (tertiary/aromatic N) is 3. The van der Waals surface area contributed by atoms with Crippen LogP contribution in [0.5, 0.6) is 0 Å². The summed E-state index contributed by atoms with van der Waals surface area (Å²) in [6, 6.07) is 13.1. The third-order valence-electron chi connectivity index (χ3n) is 4.26. The zero-order valence-corrected chi connectivity index (χ0v) is 16.3. The number of nitrogens with one attached hydrogen (secondary N) is 1. The lowest BCUT2D eigenvalue weighted by Gasteiger charge is -2.07. The van der Waals surface area contributed by atoms with Crippen molar-refractivity contribution < 1.29 is 19.2 Å². The molecule has 1 heterocycles. The monoisotopic (exact) mass is 408 g/mol. The van der Waals surface area contributed by atoms with Gasteiger partial charge in [0.25, 0.3) is 11.6 Å². The Morgan fingerprint density at radius 3 is 2.60 bits per heavy atom. The van der Waals surface area contributed by atoms with Crippen LogP contribution >= 0.6 is 0 Å². The molecule has 154 valence electrons. The van der Waals surface area contributed by atoms with Crippen molar-refractivity contribution in [1.82, 2.24) is 15.1 Å². The highest BCUT2D eigenvalue weighted by molar-refractivity contribution is 5.99. The molecule has 0 spiro atoms. The molecule has 3 rings (SSSR count). The zero-order valence-electron chi connectivity index (χ0n) is 16.3. The molecule has 1 aromatic heterocycles. The van der Waals surface area contributed by atoms with E-state index in [1.54, 1.807) is 17.8 Å². The largest absolute Gasteiger partial charge is 0.462 e. The van der Waals surface area contributed by atoms with Gasteiger partial charge in [0.05, 0.1) is 29.0 Å². The number of ether oxygens (including phenoxy) is 1. The van der Waals surface area contributed by atoms with Crippen LogP contribution in [0.1, 0.15) is 33.2 Å². The van der Waals surface area contributed by atoms with Crippen LogP contribution in [0.25, 0.3) is 5.69 Å². The Morgan fingerprint density at radius 2 is 1.90 bits per heavy atom. The summed E-state index contributed by atoms with van der Waals surface area (Å²) in [7, 11) is 0. The lowest BCUT2D eigenvalue weighted by atomic mass is 10.1. The van der Waals surface area contributed by atoms with Crippen LogP contribution in [0, 0.1) is 10.1 Å². The van der Waals surface area contributed by atoms with E-state index in [9.17, 15) is 19.7 Å². The Morgan fingerprint density at radius 1 is 1.17 bits per heavy atom. The normalized spacial score (nSPS) is 10.4. The van der Waals surface area contributed by atoms with E-state index in [4.69, 9.17) is 4.74 Å². The highest BCUT2D eigenvalue weighted by Gasteiger charge is 2.18. The number of benzene rings is 2. The SMILES string of the molecule is CCOC(=O)c1cc(C(=O)NCCc2cnn(-c3ccccc3)c2)cc([N+](=O)[O-])c1. The number of hydrogen-bond donors (Lipinski definition) is 1. The van der Waals surface area contributed by atoms with Gasteiger partial charge in [-0.3, -0.25) is 14.9 Å². The molecular weight excluding hydrogens is 388 g/mol. The van der Waals surface area contributed by atoms with E-state index in [0.29, 0.717) is 13.0 Å². The molecule has 1 N–H and O–H groups in total. The minimum absolute atomic E-state index is 0.0206. The smallest absolute Gasteiger partial charge is 0.338 e. The molecule has 9 heteroatoms. The van der Waals surface area contributed by atoms with Crippen molar-refractivity contribution in [2.75, 3.05) is 13.2 Å². The molecule has 0 radical (unpaired) electrons. The van der Waals surface area contributed by atoms with Crippen molar-refractivity contribution in [3.63, 3.8) is 0 Å². The summed E-state index contributed by atoms with van der Waals surface area (Å²) in [5.74, 6) is -1.23. The molecule has 0 aliphatic carbocycles. The second-order valence-corrected chi connectivity index (χ2v) is 6.38. The molecule has 2 aromatic carbocycles. The van der Waals surface area contributed by atoms with Crippen molar-refractivity contribution in [1.29, 1.82) is 0 Å². The highest BCUT2D eigenvalue weighted by atomic mass is 16.6. The number of nitro groups is 1. The fraction of sp³-hybridized carbons (Fsp3) is 0.190. The second kappa shape index (κ2) is 9.46. The van der Waals surface area contributed by atoms with E-state index in [2.05, 4.69) is 10.4 Å². The molecule has 0 bridgehead atoms. The van der Waals surface area contributed by atoms with Gasteiger partial charge >= 0.3 is 5.97 Å². The van der Waals surface area contributed by atoms with Gasteiger partial charge in [0.15, 0.2) is 0 Å². The van der Waals surface area contributed by atoms with E-state index in [-0.39, 0.29) is 23.4 Å². The van der Waals surface area contributed by atoms with Crippen molar-refractivity contribution in [2.24, 2.45) is 0 Å².